The maximum absolute atomic E-state index is 13.9. The number of carbonyl (C=O) groups is 1. The Morgan fingerprint density at radius 1 is 1.26 bits per heavy atom. The van der Waals surface area contributed by atoms with Crippen molar-refractivity contribution in [3.63, 3.8) is 0 Å². The van der Waals surface area contributed by atoms with Gasteiger partial charge in [-0.1, -0.05) is 18.5 Å². The number of nitrogens with one attached hydrogen (secondary N) is 1. The Kier molecular flexibility index (Phi) is 8.71. The van der Waals surface area contributed by atoms with Gasteiger partial charge in [0.25, 0.3) is 0 Å². The minimum Gasteiger partial charge on any atom is -0.464 e. The molecule has 0 radical (unpaired) electrons. The predicted molar refractivity (Wildman–Crippen MR) is 133 cm³/mol. The highest BCUT2D eigenvalue weighted by molar-refractivity contribution is 7.57. The predicted octanol–water partition coefficient (Wildman–Crippen LogP) is 4.02. The Morgan fingerprint density at radius 2 is 1.97 bits per heavy atom. The fourth-order valence-electron chi connectivity index (χ4n) is 3.18. The molecule has 190 valence electrons. The molecule has 0 spiro atoms. The molecule has 1 unspecified atom stereocenters. The number of hydrogen-bond acceptors (Lipinski definition) is 9. The van der Waals surface area contributed by atoms with Gasteiger partial charge in [-0.15, -0.1) is 0 Å². The number of ether oxygens (including phenoxy) is 2. The molecule has 1 aromatic carbocycles. The molecule has 11 nitrogen and oxygen atoms in total. The number of nitrogens with two attached hydrogens (primary N) is 1. The highest BCUT2D eigenvalue weighted by Crippen LogP contribution is 2.45. The van der Waals surface area contributed by atoms with E-state index in [1.54, 1.807) is 49.0 Å². The molecule has 0 aliphatic carbocycles. The van der Waals surface area contributed by atoms with E-state index in [2.05, 4.69) is 20.0 Å². The van der Waals surface area contributed by atoms with Crippen molar-refractivity contribution in [1.82, 2.24) is 24.6 Å². The third-order valence-electron chi connectivity index (χ3n) is 4.88. The van der Waals surface area contributed by atoms with Crippen molar-refractivity contribution >= 4 is 42.1 Å². The molecule has 0 saturated carbocycles. The zero-order chi connectivity index (χ0) is 25.6. The number of esters is 1. The Bertz CT molecular complexity index is 1200. The lowest BCUT2D eigenvalue weighted by Crippen LogP contribution is -2.47. The SMILES string of the molecule is CCCOC(=O)C(C)(C)NP(=O)(CO[C@H](C)Cn1cnc2c(N)ncnc21)Oc1ccc(Cl)cc1. The summed E-state index contributed by atoms with van der Waals surface area (Å²) in [6.45, 7) is 7.47. The van der Waals surface area contributed by atoms with Crippen molar-refractivity contribution in [3.05, 3.63) is 41.9 Å². The van der Waals surface area contributed by atoms with Crippen molar-refractivity contribution in [2.45, 2.75) is 52.3 Å². The van der Waals surface area contributed by atoms with E-state index in [9.17, 15) is 9.36 Å². The number of imidazole rings is 1. The Labute approximate surface area is 208 Å². The maximum Gasteiger partial charge on any atom is 0.342 e. The average molecular weight is 525 g/mol. The zero-order valence-corrected chi connectivity index (χ0v) is 21.8. The molecule has 0 aliphatic heterocycles. The number of rotatable bonds is 12. The molecule has 35 heavy (non-hydrogen) atoms. The first-order valence-electron chi connectivity index (χ1n) is 11.1. The molecular formula is C22H30ClN6O5P. The largest absolute Gasteiger partial charge is 0.464 e. The summed E-state index contributed by atoms with van der Waals surface area (Å²) in [5.74, 6) is 0.0473. The van der Waals surface area contributed by atoms with Crippen molar-refractivity contribution in [2.75, 3.05) is 18.7 Å². The molecule has 0 saturated heterocycles. The number of aromatic nitrogens is 4. The number of benzene rings is 1. The first kappa shape index (κ1) is 26.9. The molecule has 2 aromatic heterocycles. The van der Waals surface area contributed by atoms with Gasteiger partial charge >= 0.3 is 13.5 Å². The van der Waals surface area contributed by atoms with E-state index in [0.717, 1.165) is 0 Å². The zero-order valence-electron chi connectivity index (χ0n) is 20.1. The fraction of sp³-hybridized carbons (Fsp3) is 0.455. The molecule has 0 bridgehead atoms. The number of nitrogens with zero attached hydrogens (tertiary/aromatic N) is 4. The molecule has 0 aliphatic rings. The number of halogens is 1. The Morgan fingerprint density at radius 3 is 2.66 bits per heavy atom. The Balaban J connectivity index is 1.74. The van der Waals surface area contributed by atoms with Gasteiger partial charge < -0.3 is 24.3 Å². The number of nitrogen functional groups attached to an aromatic ring is 1. The lowest BCUT2D eigenvalue weighted by atomic mass is 10.1. The van der Waals surface area contributed by atoms with Gasteiger partial charge in [-0.2, -0.15) is 0 Å². The molecule has 3 N–H and O–H groups in total. The second-order valence-electron chi connectivity index (χ2n) is 8.53. The quantitative estimate of drug-likeness (QED) is 0.263. The van der Waals surface area contributed by atoms with Crippen LogP contribution in [0, 0.1) is 0 Å². The highest BCUT2D eigenvalue weighted by atomic mass is 35.5. The first-order valence-corrected chi connectivity index (χ1v) is 13.3. The van der Waals surface area contributed by atoms with E-state index in [4.69, 9.17) is 31.3 Å². The first-order chi connectivity index (χ1) is 16.5. The van der Waals surface area contributed by atoms with Crippen LogP contribution < -0.4 is 15.3 Å². The minimum absolute atomic E-state index is 0.257. The van der Waals surface area contributed by atoms with Gasteiger partial charge in [-0.3, -0.25) is 9.36 Å². The maximum atomic E-state index is 13.9. The van der Waals surface area contributed by atoms with E-state index >= 15 is 0 Å². The number of carbonyl (C=O) groups excluding carboxylic acids is 1. The standard InChI is InChI=1S/C22H30ClN6O5P/c1-5-10-32-21(30)22(3,4)28-35(31,34-17-8-6-16(23)7-9-17)14-33-15(2)11-29-13-27-18-19(24)25-12-26-20(18)29/h6-9,12-13,15H,5,10-11,14H2,1-4H3,(H,28,31)(H2,24,25,26)/t15-,35?/m1/s1. The summed E-state index contributed by atoms with van der Waals surface area (Å²) in [7, 11) is -3.75. The summed E-state index contributed by atoms with van der Waals surface area (Å²) in [6.07, 6.45) is 2.89. The van der Waals surface area contributed by atoms with E-state index in [1.165, 1.54) is 6.33 Å². The number of anilines is 1. The summed E-state index contributed by atoms with van der Waals surface area (Å²) in [6, 6.07) is 6.40. The van der Waals surface area contributed by atoms with Gasteiger partial charge in [-0.25, -0.2) is 20.0 Å². The molecule has 0 amide bonds. The van der Waals surface area contributed by atoms with E-state index in [0.29, 0.717) is 34.9 Å². The smallest absolute Gasteiger partial charge is 0.342 e. The van der Waals surface area contributed by atoms with E-state index in [-0.39, 0.29) is 18.8 Å². The van der Waals surface area contributed by atoms with Gasteiger partial charge in [0.15, 0.2) is 11.5 Å². The summed E-state index contributed by atoms with van der Waals surface area (Å²) < 4.78 is 32.6. The molecule has 3 aromatic rings. The summed E-state index contributed by atoms with van der Waals surface area (Å²) in [5.41, 5.74) is 5.61. The van der Waals surface area contributed by atoms with Crippen molar-refractivity contribution < 1.29 is 23.4 Å². The summed E-state index contributed by atoms with van der Waals surface area (Å²) >= 11 is 5.95. The average Bonchev–Trinajstić information content (AvgIpc) is 3.21. The lowest BCUT2D eigenvalue weighted by Gasteiger charge is -2.30. The van der Waals surface area contributed by atoms with Gasteiger partial charge in [-0.05, 0) is 51.5 Å². The molecular weight excluding hydrogens is 495 g/mol. The second kappa shape index (κ2) is 11.3. The van der Waals surface area contributed by atoms with Gasteiger partial charge in [0, 0.05) is 5.02 Å². The van der Waals surface area contributed by atoms with Crippen molar-refractivity contribution in [3.8, 4) is 5.75 Å². The Hall–Kier alpha value is -2.72. The van der Waals surface area contributed by atoms with Crippen LogP contribution in [0.15, 0.2) is 36.9 Å². The monoisotopic (exact) mass is 524 g/mol. The highest BCUT2D eigenvalue weighted by Gasteiger charge is 2.39. The second-order valence-corrected chi connectivity index (χ2v) is 11.0. The van der Waals surface area contributed by atoms with Crippen molar-refractivity contribution in [2.24, 2.45) is 0 Å². The van der Waals surface area contributed by atoms with Crippen LogP contribution in [0.5, 0.6) is 5.75 Å². The van der Waals surface area contributed by atoms with E-state index < -0.39 is 25.1 Å². The summed E-state index contributed by atoms with van der Waals surface area (Å²) in [5, 5.41) is 3.34. The number of fused-ring (bicyclic) bond motifs is 1. The third kappa shape index (κ3) is 7.14. The molecule has 0 fully saturated rings. The van der Waals surface area contributed by atoms with Crippen LogP contribution in [-0.4, -0.2) is 50.1 Å². The van der Waals surface area contributed by atoms with Gasteiger partial charge in [0.05, 0.1) is 25.6 Å². The van der Waals surface area contributed by atoms with Crippen molar-refractivity contribution in [1.29, 1.82) is 0 Å². The van der Waals surface area contributed by atoms with Crippen LogP contribution in [-0.2, 0) is 25.4 Å². The van der Waals surface area contributed by atoms with Crippen LogP contribution in [0.25, 0.3) is 11.2 Å². The van der Waals surface area contributed by atoms with Crippen LogP contribution in [0.2, 0.25) is 5.02 Å². The van der Waals surface area contributed by atoms with Crippen LogP contribution in [0.1, 0.15) is 34.1 Å². The molecule has 13 heteroatoms. The normalized spacial score (nSPS) is 14.4. The minimum atomic E-state index is -3.75. The number of hydrogen-bond donors (Lipinski definition) is 2. The summed E-state index contributed by atoms with van der Waals surface area (Å²) in [4.78, 5) is 24.9. The fourth-order valence-corrected chi connectivity index (χ4v) is 5.33. The van der Waals surface area contributed by atoms with Crippen LogP contribution >= 0.6 is 19.1 Å². The van der Waals surface area contributed by atoms with Gasteiger partial charge in [0.2, 0.25) is 0 Å². The van der Waals surface area contributed by atoms with E-state index in [1.807, 2.05) is 13.8 Å². The van der Waals surface area contributed by atoms with Crippen LogP contribution in [0.4, 0.5) is 5.82 Å². The third-order valence-corrected chi connectivity index (χ3v) is 7.02. The lowest BCUT2D eigenvalue weighted by molar-refractivity contribution is -0.149. The van der Waals surface area contributed by atoms with Gasteiger partial charge in [0.1, 0.15) is 29.5 Å². The molecule has 2 heterocycles. The van der Waals surface area contributed by atoms with Crippen LogP contribution in [0.3, 0.4) is 0 Å². The molecule has 3 rings (SSSR count). The molecule has 2 atom stereocenters. The topological polar surface area (TPSA) is 143 Å².